The molecular formula is C12H11N7. The molecule has 0 spiro atoms. The molecule has 3 aromatic heterocycles. The second-order valence-corrected chi connectivity index (χ2v) is 4.32. The first-order chi connectivity index (χ1) is 9.15. The van der Waals surface area contributed by atoms with Gasteiger partial charge in [0.15, 0.2) is 0 Å². The summed E-state index contributed by atoms with van der Waals surface area (Å²) in [5, 5.41) is 12.7. The molecule has 0 aromatic carbocycles. The van der Waals surface area contributed by atoms with Gasteiger partial charge in [0.2, 0.25) is 5.78 Å². The van der Waals surface area contributed by atoms with Crippen LogP contribution in [0.15, 0.2) is 18.6 Å². The summed E-state index contributed by atoms with van der Waals surface area (Å²) in [7, 11) is 0. The van der Waals surface area contributed by atoms with Gasteiger partial charge in [-0.25, -0.2) is 19.6 Å². The highest BCUT2D eigenvalue weighted by Gasteiger charge is 2.07. The van der Waals surface area contributed by atoms with Gasteiger partial charge in [0, 0.05) is 17.6 Å². The Kier molecular flexibility index (Phi) is 2.49. The minimum absolute atomic E-state index is 0.161. The number of nitrogens with zero attached hydrogens (tertiary/aromatic N) is 7. The molecule has 19 heavy (non-hydrogen) atoms. The van der Waals surface area contributed by atoms with E-state index >= 15 is 0 Å². The molecule has 0 aliphatic rings. The van der Waals surface area contributed by atoms with Crippen LogP contribution in [-0.4, -0.2) is 29.1 Å². The predicted octanol–water partition coefficient (Wildman–Crippen LogP) is 0.858. The second kappa shape index (κ2) is 4.17. The van der Waals surface area contributed by atoms with Gasteiger partial charge >= 0.3 is 0 Å². The van der Waals surface area contributed by atoms with Gasteiger partial charge in [-0.15, -0.1) is 5.10 Å². The lowest BCUT2D eigenvalue weighted by Crippen LogP contribution is -2.00. The van der Waals surface area contributed by atoms with Gasteiger partial charge in [0.1, 0.15) is 12.4 Å². The van der Waals surface area contributed by atoms with Crippen LogP contribution in [0.3, 0.4) is 0 Å². The molecule has 7 nitrogen and oxygen atoms in total. The first-order valence-electron chi connectivity index (χ1n) is 5.77. The molecule has 0 atom stereocenters. The second-order valence-electron chi connectivity index (χ2n) is 4.32. The van der Waals surface area contributed by atoms with Crippen molar-refractivity contribution in [2.75, 3.05) is 0 Å². The Morgan fingerprint density at radius 3 is 2.89 bits per heavy atom. The molecule has 7 heteroatoms. The molecule has 3 rings (SSSR count). The zero-order chi connectivity index (χ0) is 13.4. The fourth-order valence-corrected chi connectivity index (χ4v) is 1.98. The summed E-state index contributed by atoms with van der Waals surface area (Å²) >= 11 is 0. The minimum atomic E-state index is 0.161. The summed E-state index contributed by atoms with van der Waals surface area (Å²) in [6.45, 7) is 4.42. The Labute approximate surface area is 109 Å². The molecule has 0 aliphatic heterocycles. The summed E-state index contributed by atoms with van der Waals surface area (Å²) in [6, 6.07) is 3.90. The molecule has 0 unspecified atom stereocenters. The van der Waals surface area contributed by atoms with E-state index in [1.54, 1.807) is 4.68 Å². The third-order valence-corrected chi connectivity index (χ3v) is 2.77. The topological polar surface area (TPSA) is 84.7 Å². The average Bonchev–Trinajstić information content (AvgIpc) is 2.96. The van der Waals surface area contributed by atoms with Crippen LogP contribution in [0.2, 0.25) is 0 Å². The Hall–Kier alpha value is -2.75. The first kappa shape index (κ1) is 11.3. The maximum Gasteiger partial charge on any atom is 0.252 e. The maximum atomic E-state index is 8.68. The summed E-state index contributed by atoms with van der Waals surface area (Å²) in [4.78, 5) is 12.7. The van der Waals surface area contributed by atoms with Gasteiger partial charge in [0.05, 0.1) is 12.2 Å². The van der Waals surface area contributed by atoms with Crippen molar-refractivity contribution < 1.29 is 0 Å². The van der Waals surface area contributed by atoms with E-state index in [0.717, 1.165) is 17.1 Å². The van der Waals surface area contributed by atoms with Crippen molar-refractivity contribution in [2.24, 2.45) is 0 Å². The van der Waals surface area contributed by atoms with Crippen molar-refractivity contribution in [1.29, 1.82) is 5.26 Å². The Balaban J connectivity index is 1.98. The number of fused-ring (bicyclic) bond motifs is 1. The zero-order valence-electron chi connectivity index (χ0n) is 10.6. The van der Waals surface area contributed by atoms with Crippen LogP contribution in [0.1, 0.15) is 22.9 Å². The molecule has 3 aromatic rings. The van der Waals surface area contributed by atoms with E-state index in [-0.39, 0.29) is 5.82 Å². The molecule has 0 amide bonds. The highest BCUT2D eigenvalue weighted by molar-refractivity contribution is 5.34. The smallest absolute Gasteiger partial charge is 0.252 e. The first-order valence-corrected chi connectivity index (χ1v) is 5.77. The normalized spacial score (nSPS) is 10.8. The molecule has 0 saturated heterocycles. The number of imidazole rings is 1. The lowest BCUT2D eigenvalue weighted by Gasteiger charge is -1.98. The lowest BCUT2D eigenvalue weighted by molar-refractivity contribution is 0.671. The van der Waals surface area contributed by atoms with Crippen LogP contribution in [0.4, 0.5) is 0 Å². The highest BCUT2D eigenvalue weighted by atomic mass is 15.3. The fraction of sp³-hybridized carbons (Fsp3) is 0.250. The van der Waals surface area contributed by atoms with Gasteiger partial charge in [-0.05, 0) is 19.9 Å². The Bertz CT molecular complexity index is 790. The number of hydrogen-bond donors (Lipinski definition) is 0. The number of hydrogen-bond acceptors (Lipinski definition) is 5. The number of nitriles is 1. The van der Waals surface area contributed by atoms with E-state index in [0.29, 0.717) is 12.3 Å². The van der Waals surface area contributed by atoms with E-state index < -0.39 is 0 Å². The minimum Gasteiger partial charge on any atom is -0.288 e. The predicted molar refractivity (Wildman–Crippen MR) is 66.3 cm³/mol. The Morgan fingerprint density at radius 1 is 1.32 bits per heavy atom. The highest BCUT2D eigenvalue weighted by Crippen LogP contribution is 2.09. The lowest BCUT2D eigenvalue weighted by atomic mass is 10.3. The molecule has 0 aliphatic carbocycles. The molecular weight excluding hydrogens is 242 g/mol. The largest absolute Gasteiger partial charge is 0.288 e. The molecule has 0 saturated carbocycles. The monoisotopic (exact) mass is 253 g/mol. The fourth-order valence-electron chi connectivity index (χ4n) is 1.98. The van der Waals surface area contributed by atoms with E-state index in [1.807, 2.05) is 36.6 Å². The SMILES string of the molecule is Cc1cc(C)n2cc(Cn3cnc(C#N)n3)nc2n1. The maximum absolute atomic E-state index is 8.68. The number of rotatable bonds is 2. The number of aromatic nitrogens is 6. The number of aryl methyl sites for hydroxylation is 2. The summed E-state index contributed by atoms with van der Waals surface area (Å²) in [6.07, 6.45) is 3.44. The zero-order valence-corrected chi connectivity index (χ0v) is 10.6. The van der Waals surface area contributed by atoms with Crippen molar-refractivity contribution in [3.63, 3.8) is 0 Å². The summed E-state index contributed by atoms with van der Waals surface area (Å²) < 4.78 is 3.52. The van der Waals surface area contributed by atoms with Crippen LogP contribution in [0.5, 0.6) is 0 Å². The van der Waals surface area contributed by atoms with Crippen LogP contribution < -0.4 is 0 Å². The molecule has 0 fully saturated rings. The van der Waals surface area contributed by atoms with Gasteiger partial charge in [-0.3, -0.25) is 4.40 Å². The van der Waals surface area contributed by atoms with Crippen molar-refractivity contribution >= 4 is 5.78 Å². The molecule has 0 N–H and O–H groups in total. The third kappa shape index (κ3) is 2.04. The summed E-state index contributed by atoms with van der Waals surface area (Å²) in [5.41, 5.74) is 2.85. The van der Waals surface area contributed by atoms with Gasteiger partial charge in [0.25, 0.3) is 5.82 Å². The van der Waals surface area contributed by atoms with E-state index in [2.05, 4.69) is 20.1 Å². The van der Waals surface area contributed by atoms with E-state index in [4.69, 9.17) is 5.26 Å². The molecule has 3 heterocycles. The standard InChI is InChI=1S/C12H11N7/c1-8-3-9(2)19-6-10(16-12(19)15-8)5-18-7-14-11(4-13)17-18/h3,6-7H,5H2,1-2H3. The molecule has 0 radical (unpaired) electrons. The third-order valence-electron chi connectivity index (χ3n) is 2.77. The molecule has 94 valence electrons. The van der Waals surface area contributed by atoms with Crippen LogP contribution in [0, 0.1) is 25.2 Å². The van der Waals surface area contributed by atoms with Crippen molar-refractivity contribution in [3.05, 3.63) is 41.5 Å². The van der Waals surface area contributed by atoms with Crippen LogP contribution in [0.25, 0.3) is 5.78 Å². The Morgan fingerprint density at radius 2 is 2.16 bits per heavy atom. The van der Waals surface area contributed by atoms with Crippen molar-refractivity contribution in [2.45, 2.75) is 20.4 Å². The molecule has 0 bridgehead atoms. The van der Waals surface area contributed by atoms with Gasteiger partial charge in [-0.2, -0.15) is 5.26 Å². The van der Waals surface area contributed by atoms with Crippen molar-refractivity contribution in [1.82, 2.24) is 29.1 Å². The average molecular weight is 253 g/mol. The van der Waals surface area contributed by atoms with E-state index in [1.165, 1.54) is 6.33 Å². The van der Waals surface area contributed by atoms with Crippen molar-refractivity contribution in [3.8, 4) is 6.07 Å². The van der Waals surface area contributed by atoms with Gasteiger partial charge < -0.3 is 0 Å². The van der Waals surface area contributed by atoms with Gasteiger partial charge in [-0.1, -0.05) is 0 Å². The summed E-state index contributed by atoms with van der Waals surface area (Å²) in [5.74, 6) is 0.835. The van der Waals surface area contributed by atoms with Crippen LogP contribution in [-0.2, 0) is 6.54 Å². The quantitative estimate of drug-likeness (QED) is 0.676. The van der Waals surface area contributed by atoms with E-state index in [9.17, 15) is 0 Å². The van der Waals surface area contributed by atoms with Crippen LogP contribution >= 0.6 is 0 Å².